The molecule has 2 aromatic rings. The van der Waals surface area contributed by atoms with E-state index in [4.69, 9.17) is 0 Å². The average Bonchev–Trinajstić information content (AvgIpc) is 2.75. The second-order valence-corrected chi connectivity index (χ2v) is 8.66. The lowest BCUT2D eigenvalue weighted by atomic mass is 9.50. The lowest BCUT2D eigenvalue weighted by Crippen LogP contribution is -2.64. The highest BCUT2D eigenvalue weighted by Gasteiger charge is 2.66. The molecule has 4 heteroatoms. The third kappa shape index (κ3) is 2.73. The van der Waals surface area contributed by atoms with E-state index < -0.39 is 40.7 Å². The molecule has 0 aromatic heterocycles. The fourth-order valence-corrected chi connectivity index (χ4v) is 5.63. The summed E-state index contributed by atoms with van der Waals surface area (Å²) >= 11 is 0. The zero-order valence-corrected chi connectivity index (χ0v) is 16.4. The molecule has 2 bridgehead atoms. The van der Waals surface area contributed by atoms with Gasteiger partial charge in [-0.25, -0.2) is 8.78 Å². The van der Waals surface area contributed by atoms with Crippen LogP contribution in [0.25, 0.3) is 0 Å². The fraction of sp³-hybridized carbons (Fsp3) is 0.308. The van der Waals surface area contributed by atoms with Gasteiger partial charge in [0.25, 0.3) is 0 Å². The van der Waals surface area contributed by atoms with Gasteiger partial charge in [-0.15, -0.1) is 0 Å². The largest absolute Gasteiger partial charge is 0.291 e. The van der Waals surface area contributed by atoms with Crippen LogP contribution in [0.5, 0.6) is 0 Å². The minimum absolute atomic E-state index is 0.1000. The summed E-state index contributed by atoms with van der Waals surface area (Å²) in [4.78, 5) is 25.9. The van der Waals surface area contributed by atoms with Gasteiger partial charge in [0.05, 0.1) is 0 Å². The van der Waals surface area contributed by atoms with Crippen LogP contribution in [0, 0.1) is 17.8 Å². The number of carbonyl (C=O) groups is 2. The zero-order valence-electron chi connectivity index (χ0n) is 16.4. The Hall–Kier alpha value is -2.88. The van der Waals surface area contributed by atoms with E-state index in [2.05, 4.69) is 0 Å². The molecule has 4 aliphatic carbocycles. The number of Topliss-reactive ketones (excluding diaryl/α,β-unsaturated/α-hetero) is 1. The van der Waals surface area contributed by atoms with Gasteiger partial charge in [0, 0.05) is 36.2 Å². The summed E-state index contributed by atoms with van der Waals surface area (Å²) in [5, 5.41) is 0. The van der Waals surface area contributed by atoms with Crippen LogP contribution in [-0.2, 0) is 22.4 Å². The van der Waals surface area contributed by atoms with Gasteiger partial charge < -0.3 is 0 Å². The fourth-order valence-electron chi connectivity index (χ4n) is 5.63. The molecule has 1 saturated carbocycles. The molecule has 0 heterocycles. The van der Waals surface area contributed by atoms with Crippen LogP contribution in [0.15, 0.2) is 84.5 Å². The van der Waals surface area contributed by atoms with Crippen molar-refractivity contribution < 1.29 is 18.4 Å². The first-order chi connectivity index (χ1) is 14.4. The molecule has 2 aromatic carbocycles. The summed E-state index contributed by atoms with van der Waals surface area (Å²) in [5.41, 5.74) is -2.73. The summed E-state index contributed by atoms with van der Waals surface area (Å²) in [6, 6.07) is 18.0. The van der Waals surface area contributed by atoms with E-state index in [1.165, 1.54) is 6.08 Å². The molecule has 0 N–H and O–H groups in total. The molecule has 0 saturated heterocycles. The normalized spacial score (nSPS) is 34.6. The van der Waals surface area contributed by atoms with Gasteiger partial charge in [-0.1, -0.05) is 72.8 Å². The summed E-state index contributed by atoms with van der Waals surface area (Å²) < 4.78 is 33.0. The average molecular weight is 404 g/mol. The maximum atomic E-state index is 16.5. The van der Waals surface area contributed by atoms with Crippen molar-refractivity contribution in [3.63, 3.8) is 0 Å². The first kappa shape index (κ1) is 19.1. The van der Waals surface area contributed by atoms with Crippen LogP contribution < -0.4 is 0 Å². The lowest BCUT2D eigenvalue weighted by molar-refractivity contribution is -0.153. The van der Waals surface area contributed by atoms with Crippen molar-refractivity contribution in [1.29, 1.82) is 0 Å². The summed E-state index contributed by atoms with van der Waals surface area (Å²) in [7, 11) is 0. The Morgan fingerprint density at radius 1 is 0.833 bits per heavy atom. The van der Waals surface area contributed by atoms with Gasteiger partial charge in [0.1, 0.15) is 0 Å². The van der Waals surface area contributed by atoms with E-state index in [1.54, 1.807) is 60.7 Å². The molecule has 2 nitrogen and oxygen atoms in total. The molecule has 1 fully saturated rings. The summed E-state index contributed by atoms with van der Waals surface area (Å²) in [6.45, 7) is 0. The van der Waals surface area contributed by atoms with E-state index in [0.717, 1.165) is 0 Å². The van der Waals surface area contributed by atoms with E-state index in [9.17, 15) is 9.59 Å². The van der Waals surface area contributed by atoms with Crippen LogP contribution >= 0.6 is 0 Å². The smallest absolute Gasteiger partial charge is 0.196 e. The quantitative estimate of drug-likeness (QED) is 0.734. The van der Waals surface area contributed by atoms with Crippen molar-refractivity contribution in [2.75, 3.05) is 0 Å². The first-order valence-corrected chi connectivity index (χ1v) is 10.4. The van der Waals surface area contributed by atoms with Crippen molar-refractivity contribution in [2.24, 2.45) is 17.8 Å². The lowest BCUT2D eigenvalue weighted by Gasteiger charge is -2.54. The van der Waals surface area contributed by atoms with Gasteiger partial charge in [-0.3, -0.25) is 9.59 Å². The van der Waals surface area contributed by atoms with E-state index in [1.807, 2.05) is 12.1 Å². The number of rotatable bonds is 4. The van der Waals surface area contributed by atoms with Gasteiger partial charge >= 0.3 is 0 Å². The number of alkyl halides is 2. The number of carbonyl (C=O) groups excluding carboxylic acids is 2. The standard InChI is InChI=1S/C26H22F2O2/c27-25(15-17-7-3-1-4-8-17)21-13-11-20(24(25)30)19-12-14-22(29)26(28,23(19)21)16-18-9-5-2-6-10-18/h1-12,14,19,21,23H,13,15-16H2/t19-,21-,23-,25+,26-/m0/s1. The Labute approximate surface area is 174 Å². The van der Waals surface area contributed by atoms with Crippen molar-refractivity contribution in [1.82, 2.24) is 0 Å². The number of ketones is 2. The molecule has 4 aliphatic rings. The van der Waals surface area contributed by atoms with Gasteiger partial charge in [-0.05, 0) is 23.6 Å². The predicted molar refractivity (Wildman–Crippen MR) is 110 cm³/mol. The zero-order chi connectivity index (χ0) is 20.9. The van der Waals surface area contributed by atoms with Crippen molar-refractivity contribution >= 4 is 11.6 Å². The maximum absolute atomic E-state index is 16.5. The third-order valence-corrected chi connectivity index (χ3v) is 7.00. The second kappa shape index (κ2) is 6.83. The van der Waals surface area contributed by atoms with Crippen LogP contribution in [0.1, 0.15) is 17.5 Å². The van der Waals surface area contributed by atoms with E-state index in [0.29, 0.717) is 16.7 Å². The molecule has 152 valence electrons. The molecule has 0 spiro atoms. The Morgan fingerprint density at radius 3 is 2.00 bits per heavy atom. The SMILES string of the molecule is O=C1C=C[C@H]2C3=CC[C@@H]([C@H]2[C@]1(F)Cc1ccccc1)[C@](F)(Cc1ccccc1)C3=O. The van der Waals surface area contributed by atoms with Crippen LogP contribution in [0.2, 0.25) is 0 Å². The van der Waals surface area contributed by atoms with Crippen molar-refractivity contribution in [2.45, 2.75) is 30.6 Å². The Bertz CT molecular complexity index is 1060. The van der Waals surface area contributed by atoms with E-state index >= 15 is 8.78 Å². The minimum atomic E-state index is -2.24. The number of hydrogen-bond acceptors (Lipinski definition) is 2. The Kier molecular flexibility index (Phi) is 4.35. The Morgan fingerprint density at radius 2 is 1.40 bits per heavy atom. The highest BCUT2D eigenvalue weighted by atomic mass is 19.1. The summed E-state index contributed by atoms with van der Waals surface area (Å²) in [6.07, 6.45) is 4.66. The number of allylic oxidation sites excluding steroid dienone is 4. The van der Waals surface area contributed by atoms with Crippen LogP contribution in [0.4, 0.5) is 8.78 Å². The molecule has 0 aliphatic heterocycles. The number of fused-ring (bicyclic) bond motifs is 2. The highest BCUT2D eigenvalue weighted by Crippen LogP contribution is 2.58. The molecule has 5 atom stereocenters. The van der Waals surface area contributed by atoms with Gasteiger partial charge in [0.2, 0.25) is 0 Å². The maximum Gasteiger partial charge on any atom is 0.196 e. The first-order valence-electron chi connectivity index (χ1n) is 10.4. The third-order valence-electron chi connectivity index (χ3n) is 7.00. The minimum Gasteiger partial charge on any atom is -0.291 e. The van der Waals surface area contributed by atoms with Crippen molar-refractivity contribution in [3.05, 3.63) is 95.6 Å². The van der Waals surface area contributed by atoms with Gasteiger partial charge in [-0.2, -0.15) is 0 Å². The van der Waals surface area contributed by atoms with E-state index in [-0.39, 0.29) is 19.3 Å². The summed E-state index contributed by atoms with van der Waals surface area (Å²) in [5.74, 6) is -3.50. The Balaban J connectivity index is 1.58. The topological polar surface area (TPSA) is 34.1 Å². The number of benzene rings is 2. The second-order valence-electron chi connectivity index (χ2n) is 8.66. The molecular formula is C26H22F2O2. The molecule has 0 unspecified atom stereocenters. The molecular weight excluding hydrogens is 382 g/mol. The monoisotopic (exact) mass is 404 g/mol. The van der Waals surface area contributed by atoms with Gasteiger partial charge in [0.15, 0.2) is 22.9 Å². The molecule has 0 radical (unpaired) electrons. The number of hydrogen-bond donors (Lipinski definition) is 0. The highest BCUT2D eigenvalue weighted by molar-refractivity contribution is 6.07. The predicted octanol–water partition coefficient (Wildman–Crippen LogP) is 4.79. The van der Waals surface area contributed by atoms with Crippen molar-refractivity contribution in [3.8, 4) is 0 Å². The number of halogens is 2. The molecule has 30 heavy (non-hydrogen) atoms. The van der Waals surface area contributed by atoms with Crippen LogP contribution in [-0.4, -0.2) is 22.9 Å². The molecule has 0 amide bonds. The van der Waals surface area contributed by atoms with Crippen LogP contribution in [0.3, 0.4) is 0 Å². The molecule has 6 rings (SSSR count).